The van der Waals surface area contributed by atoms with E-state index in [1.807, 2.05) is 26.0 Å². The first-order valence-corrected chi connectivity index (χ1v) is 10.3. The van der Waals surface area contributed by atoms with E-state index in [1.165, 1.54) is 23.1 Å². The SMILES string of the molecule is CCOC(=O)CSc1nnc(NC(=O)C(c2ccc(Cl)cc2)C(C)C)s1. The number of halogens is 1. The number of hydrogen-bond acceptors (Lipinski definition) is 7. The summed E-state index contributed by atoms with van der Waals surface area (Å²) < 4.78 is 5.47. The molecule has 0 saturated heterocycles. The highest BCUT2D eigenvalue weighted by Crippen LogP contribution is 2.30. The number of rotatable bonds is 8. The standard InChI is InChI=1S/C17H20ClN3O3S2/c1-4-24-13(22)9-25-17-21-20-16(26-17)19-15(23)14(10(2)3)11-5-7-12(18)8-6-11/h5-8,10,14H,4,9H2,1-3H3,(H,19,20,23). The van der Waals surface area contributed by atoms with E-state index in [4.69, 9.17) is 16.3 Å². The molecule has 0 saturated carbocycles. The largest absolute Gasteiger partial charge is 0.465 e. The number of carbonyl (C=O) groups excluding carboxylic acids is 2. The highest BCUT2D eigenvalue weighted by Gasteiger charge is 2.25. The van der Waals surface area contributed by atoms with Gasteiger partial charge in [-0.3, -0.25) is 14.9 Å². The molecule has 2 rings (SSSR count). The Balaban J connectivity index is 2.01. The zero-order chi connectivity index (χ0) is 19.1. The van der Waals surface area contributed by atoms with Crippen LogP contribution in [0.5, 0.6) is 0 Å². The molecule has 9 heteroatoms. The minimum Gasteiger partial charge on any atom is -0.465 e. The van der Waals surface area contributed by atoms with Crippen molar-refractivity contribution < 1.29 is 14.3 Å². The Hall–Kier alpha value is -1.64. The predicted molar refractivity (Wildman–Crippen MR) is 105 cm³/mol. The predicted octanol–water partition coefficient (Wildman–Crippen LogP) is 4.23. The van der Waals surface area contributed by atoms with Crippen LogP contribution in [0.3, 0.4) is 0 Å². The molecule has 0 fully saturated rings. The Kier molecular flexibility index (Phi) is 7.86. The summed E-state index contributed by atoms with van der Waals surface area (Å²) in [6.45, 7) is 6.07. The van der Waals surface area contributed by atoms with Crippen molar-refractivity contribution in [3.8, 4) is 0 Å². The number of nitrogens with zero attached hydrogens (tertiary/aromatic N) is 2. The number of amides is 1. The molecular formula is C17H20ClN3O3S2. The van der Waals surface area contributed by atoms with E-state index in [2.05, 4.69) is 15.5 Å². The fourth-order valence-electron chi connectivity index (χ4n) is 2.33. The van der Waals surface area contributed by atoms with E-state index in [0.29, 0.717) is 21.1 Å². The summed E-state index contributed by atoms with van der Waals surface area (Å²) in [6.07, 6.45) is 0. The van der Waals surface area contributed by atoms with Gasteiger partial charge in [0.25, 0.3) is 0 Å². The fraction of sp³-hybridized carbons (Fsp3) is 0.412. The molecule has 1 aromatic heterocycles. The molecule has 1 heterocycles. The Morgan fingerprint density at radius 3 is 2.58 bits per heavy atom. The van der Waals surface area contributed by atoms with Crippen molar-refractivity contribution in [2.75, 3.05) is 17.7 Å². The average molecular weight is 414 g/mol. The quantitative estimate of drug-likeness (QED) is 0.396. The van der Waals surface area contributed by atoms with Gasteiger partial charge in [-0.1, -0.05) is 60.7 Å². The lowest BCUT2D eigenvalue weighted by Crippen LogP contribution is -2.25. The molecular weight excluding hydrogens is 394 g/mol. The molecule has 0 aliphatic rings. The van der Waals surface area contributed by atoms with Crippen molar-refractivity contribution in [2.45, 2.75) is 31.0 Å². The van der Waals surface area contributed by atoms with Crippen molar-refractivity contribution in [1.29, 1.82) is 0 Å². The van der Waals surface area contributed by atoms with Gasteiger partial charge >= 0.3 is 5.97 Å². The monoisotopic (exact) mass is 413 g/mol. The lowest BCUT2D eigenvalue weighted by molar-refractivity contribution is -0.139. The number of thioether (sulfide) groups is 1. The second-order valence-electron chi connectivity index (χ2n) is 5.73. The topological polar surface area (TPSA) is 81.2 Å². The summed E-state index contributed by atoms with van der Waals surface area (Å²) in [7, 11) is 0. The molecule has 1 atom stereocenters. The van der Waals surface area contributed by atoms with Gasteiger partial charge in [-0.25, -0.2) is 0 Å². The van der Waals surface area contributed by atoms with Crippen LogP contribution in [0.25, 0.3) is 0 Å². The van der Waals surface area contributed by atoms with Gasteiger partial charge in [0.1, 0.15) is 0 Å². The number of anilines is 1. The molecule has 0 aliphatic carbocycles. The van der Waals surface area contributed by atoms with Crippen molar-refractivity contribution in [3.05, 3.63) is 34.9 Å². The Labute approximate surface area is 165 Å². The summed E-state index contributed by atoms with van der Waals surface area (Å²) in [4.78, 5) is 24.1. The Morgan fingerprint density at radius 1 is 1.27 bits per heavy atom. The zero-order valence-electron chi connectivity index (χ0n) is 14.7. The van der Waals surface area contributed by atoms with Crippen molar-refractivity contribution >= 4 is 51.7 Å². The molecule has 1 N–H and O–H groups in total. The third kappa shape index (κ3) is 5.96. The molecule has 0 aliphatic heterocycles. The van der Waals surface area contributed by atoms with E-state index >= 15 is 0 Å². The van der Waals surface area contributed by atoms with Crippen molar-refractivity contribution in [2.24, 2.45) is 5.92 Å². The third-order valence-electron chi connectivity index (χ3n) is 3.43. The summed E-state index contributed by atoms with van der Waals surface area (Å²) in [5.41, 5.74) is 0.892. The van der Waals surface area contributed by atoms with Gasteiger partial charge in [0, 0.05) is 5.02 Å². The van der Waals surface area contributed by atoms with Gasteiger partial charge in [-0.05, 0) is 30.5 Å². The molecule has 26 heavy (non-hydrogen) atoms. The maximum absolute atomic E-state index is 12.7. The number of hydrogen-bond donors (Lipinski definition) is 1. The molecule has 1 aromatic carbocycles. The molecule has 140 valence electrons. The number of aromatic nitrogens is 2. The lowest BCUT2D eigenvalue weighted by Gasteiger charge is -2.20. The summed E-state index contributed by atoms with van der Waals surface area (Å²) in [6, 6.07) is 7.25. The molecule has 0 spiro atoms. The van der Waals surface area contributed by atoms with Crippen LogP contribution in [0.15, 0.2) is 28.6 Å². The van der Waals surface area contributed by atoms with Crippen LogP contribution in [-0.4, -0.2) is 34.4 Å². The van der Waals surface area contributed by atoms with Crippen molar-refractivity contribution in [3.63, 3.8) is 0 Å². The number of nitrogens with one attached hydrogen (secondary N) is 1. The average Bonchev–Trinajstić information content (AvgIpc) is 3.02. The summed E-state index contributed by atoms with van der Waals surface area (Å²) >= 11 is 8.39. The number of esters is 1. The van der Waals surface area contributed by atoms with Crippen molar-refractivity contribution in [1.82, 2.24) is 10.2 Å². The van der Waals surface area contributed by atoms with Gasteiger partial charge in [-0.2, -0.15) is 0 Å². The zero-order valence-corrected chi connectivity index (χ0v) is 17.1. The van der Waals surface area contributed by atoms with Crippen LogP contribution >= 0.6 is 34.7 Å². The summed E-state index contributed by atoms with van der Waals surface area (Å²) in [5.74, 6) is -0.523. The number of ether oxygens (including phenoxy) is 1. The number of carbonyl (C=O) groups is 2. The molecule has 0 radical (unpaired) electrons. The first kappa shape index (κ1) is 20.7. The van der Waals surface area contributed by atoms with Crippen LogP contribution in [0.1, 0.15) is 32.3 Å². The van der Waals surface area contributed by atoms with Crippen LogP contribution in [-0.2, 0) is 14.3 Å². The first-order chi connectivity index (χ1) is 12.4. The first-order valence-electron chi connectivity index (χ1n) is 8.09. The van der Waals surface area contributed by atoms with E-state index < -0.39 is 0 Å². The maximum Gasteiger partial charge on any atom is 0.316 e. The van der Waals surface area contributed by atoms with Crippen LogP contribution in [0.2, 0.25) is 5.02 Å². The third-order valence-corrected chi connectivity index (χ3v) is 5.63. The van der Waals surface area contributed by atoms with Gasteiger partial charge in [0.05, 0.1) is 18.3 Å². The number of benzene rings is 1. The molecule has 2 aromatic rings. The van der Waals surface area contributed by atoms with Gasteiger partial charge in [0.2, 0.25) is 11.0 Å². The van der Waals surface area contributed by atoms with E-state index in [1.54, 1.807) is 19.1 Å². The van der Waals surface area contributed by atoms with Crippen LogP contribution < -0.4 is 5.32 Å². The minimum atomic E-state index is -0.327. The normalized spacial score (nSPS) is 12.0. The van der Waals surface area contributed by atoms with E-state index in [0.717, 1.165) is 5.56 Å². The molecule has 1 amide bonds. The maximum atomic E-state index is 12.7. The fourth-order valence-corrected chi connectivity index (χ4v) is 4.01. The van der Waals surface area contributed by atoms with E-state index in [-0.39, 0.29) is 29.5 Å². The molecule has 1 unspecified atom stereocenters. The Morgan fingerprint density at radius 2 is 1.96 bits per heavy atom. The smallest absolute Gasteiger partial charge is 0.316 e. The van der Waals surface area contributed by atoms with Crippen LogP contribution in [0.4, 0.5) is 5.13 Å². The van der Waals surface area contributed by atoms with Gasteiger partial charge in [0.15, 0.2) is 4.34 Å². The molecule has 0 bridgehead atoms. The van der Waals surface area contributed by atoms with Crippen LogP contribution in [0, 0.1) is 5.92 Å². The molecule has 6 nitrogen and oxygen atoms in total. The summed E-state index contributed by atoms with van der Waals surface area (Å²) in [5, 5.41) is 11.8. The van der Waals surface area contributed by atoms with Gasteiger partial charge < -0.3 is 4.74 Å². The van der Waals surface area contributed by atoms with Gasteiger partial charge in [-0.15, -0.1) is 10.2 Å². The second kappa shape index (κ2) is 9.89. The second-order valence-corrected chi connectivity index (χ2v) is 8.37. The highest BCUT2D eigenvalue weighted by atomic mass is 35.5. The lowest BCUT2D eigenvalue weighted by atomic mass is 9.88. The minimum absolute atomic E-state index is 0.0988. The highest BCUT2D eigenvalue weighted by molar-refractivity contribution is 8.01. The Bertz CT molecular complexity index is 750. The van der Waals surface area contributed by atoms with E-state index in [9.17, 15) is 9.59 Å².